The smallest absolute Gasteiger partial charge is 0.345 e. The summed E-state index contributed by atoms with van der Waals surface area (Å²) in [5, 5.41) is 17.6. The molecule has 1 amide bonds. The van der Waals surface area contributed by atoms with Crippen molar-refractivity contribution in [1.82, 2.24) is 10.0 Å². The molecule has 0 atom stereocenters. The number of carbonyl (C=O) groups is 2. The van der Waals surface area contributed by atoms with Gasteiger partial charge in [-0.25, -0.2) is 9.80 Å². The molecule has 4 rings (SSSR count). The fourth-order valence-electron chi connectivity index (χ4n) is 3.48. The maximum atomic E-state index is 12.6. The van der Waals surface area contributed by atoms with Gasteiger partial charge in [0.25, 0.3) is 5.24 Å². The molecule has 1 aliphatic heterocycles. The third kappa shape index (κ3) is 7.53. The third-order valence-corrected chi connectivity index (χ3v) is 9.38. The van der Waals surface area contributed by atoms with E-state index in [0.29, 0.717) is 18.0 Å². The van der Waals surface area contributed by atoms with Gasteiger partial charge in [-0.2, -0.15) is 23.1 Å². The second-order valence-corrected chi connectivity index (χ2v) is 12.1. The van der Waals surface area contributed by atoms with Gasteiger partial charge in [-0.05, 0) is 35.2 Å². The van der Waals surface area contributed by atoms with E-state index in [1.54, 1.807) is 16.3 Å². The van der Waals surface area contributed by atoms with E-state index in [0.717, 1.165) is 46.4 Å². The Kier molecular flexibility index (Phi) is 9.60. The summed E-state index contributed by atoms with van der Waals surface area (Å²) in [7, 11) is 0. The molecule has 0 aliphatic carbocycles. The van der Waals surface area contributed by atoms with Crippen molar-refractivity contribution < 1.29 is 14.7 Å². The van der Waals surface area contributed by atoms with Crippen LogP contribution in [0.4, 0.5) is 4.79 Å². The van der Waals surface area contributed by atoms with Gasteiger partial charge in [0.15, 0.2) is 0 Å². The Bertz CT molecular complexity index is 1230. The van der Waals surface area contributed by atoms with Crippen LogP contribution in [0, 0.1) is 11.8 Å². The van der Waals surface area contributed by atoms with Gasteiger partial charge in [0.05, 0.1) is 5.02 Å². The van der Waals surface area contributed by atoms with Gasteiger partial charge >= 0.3 is 5.97 Å². The van der Waals surface area contributed by atoms with Crippen LogP contribution < -0.4 is 0 Å². The molecular formula is C25H23ClN2O3S4. The molecule has 1 aromatic carbocycles. The summed E-state index contributed by atoms with van der Waals surface area (Å²) in [5.74, 6) is 7.99. The number of thiophene rings is 2. The lowest BCUT2D eigenvalue weighted by molar-refractivity contribution is 0.0349. The van der Waals surface area contributed by atoms with Crippen molar-refractivity contribution in [3.05, 3.63) is 78.6 Å². The van der Waals surface area contributed by atoms with E-state index < -0.39 is 5.97 Å². The summed E-state index contributed by atoms with van der Waals surface area (Å²) in [4.78, 5) is 24.8. The largest absolute Gasteiger partial charge is 0.477 e. The molecule has 1 saturated heterocycles. The van der Waals surface area contributed by atoms with Crippen LogP contribution in [-0.4, -0.2) is 57.5 Å². The normalized spacial score (nSPS) is 14.1. The first-order valence-corrected chi connectivity index (χ1v) is 15.2. The number of carbonyl (C=O) groups excluding carboxylic acids is 1. The lowest BCUT2D eigenvalue weighted by Gasteiger charge is -2.37. The summed E-state index contributed by atoms with van der Waals surface area (Å²) in [6.45, 7) is 2.07. The van der Waals surface area contributed by atoms with Crippen LogP contribution in [0.5, 0.6) is 0 Å². The van der Waals surface area contributed by atoms with Gasteiger partial charge in [-0.3, -0.25) is 9.80 Å². The zero-order chi connectivity index (χ0) is 24.6. The molecule has 0 unspecified atom stereocenters. The molecule has 0 radical (unpaired) electrons. The first-order valence-electron chi connectivity index (χ1n) is 10.9. The van der Waals surface area contributed by atoms with Gasteiger partial charge in [-0.15, -0.1) is 11.3 Å². The van der Waals surface area contributed by atoms with Crippen LogP contribution in [0.25, 0.3) is 0 Å². The SMILES string of the molecule is O=C(O)c1cc(Cl)c(CCN2C(=O)SCCN2CCSCc2cccc(C#Cc3ccsc3)c2)s1. The number of hydrogen-bond acceptors (Lipinski definition) is 7. The Morgan fingerprint density at radius 3 is 2.80 bits per heavy atom. The highest BCUT2D eigenvalue weighted by Gasteiger charge is 2.26. The molecule has 0 bridgehead atoms. The van der Waals surface area contributed by atoms with Crippen molar-refractivity contribution in [3.63, 3.8) is 0 Å². The van der Waals surface area contributed by atoms with Crippen LogP contribution in [-0.2, 0) is 12.2 Å². The van der Waals surface area contributed by atoms with E-state index in [1.165, 1.54) is 34.7 Å². The van der Waals surface area contributed by atoms with Crippen molar-refractivity contribution in [2.24, 2.45) is 0 Å². The van der Waals surface area contributed by atoms with Gasteiger partial charge in [0.2, 0.25) is 0 Å². The van der Waals surface area contributed by atoms with Crippen molar-refractivity contribution in [3.8, 4) is 11.8 Å². The number of nitrogens with zero attached hydrogens (tertiary/aromatic N) is 2. The average Bonchev–Trinajstić information content (AvgIpc) is 3.50. The molecule has 10 heteroatoms. The van der Waals surface area contributed by atoms with E-state index in [2.05, 4.69) is 29.0 Å². The first-order chi connectivity index (χ1) is 17.0. The molecule has 1 fully saturated rings. The van der Waals surface area contributed by atoms with Crippen molar-refractivity contribution >= 4 is 69.0 Å². The van der Waals surface area contributed by atoms with Gasteiger partial charge < -0.3 is 5.11 Å². The first kappa shape index (κ1) is 26.1. The molecule has 2 aromatic heterocycles. The van der Waals surface area contributed by atoms with Crippen molar-refractivity contribution in [2.75, 3.05) is 31.1 Å². The fraction of sp³-hybridized carbons (Fsp3) is 0.280. The maximum absolute atomic E-state index is 12.6. The number of hydrogen-bond donors (Lipinski definition) is 1. The molecule has 1 aliphatic rings. The number of carboxylic acids is 1. The number of amides is 1. The predicted octanol–water partition coefficient (Wildman–Crippen LogP) is 6.42. The summed E-state index contributed by atoms with van der Waals surface area (Å²) in [6, 6.07) is 11.8. The average molecular weight is 563 g/mol. The minimum atomic E-state index is -0.980. The number of rotatable bonds is 9. The van der Waals surface area contributed by atoms with Crippen LogP contribution in [0.3, 0.4) is 0 Å². The molecule has 3 heterocycles. The minimum Gasteiger partial charge on any atom is -0.477 e. The van der Waals surface area contributed by atoms with Gasteiger partial charge in [-0.1, -0.05) is 47.3 Å². The van der Waals surface area contributed by atoms with E-state index in [9.17, 15) is 14.7 Å². The summed E-state index contributed by atoms with van der Waals surface area (Å²) in [6.07, 6.45) is 0.534. The summed E-state index contributed by atoms with van der Waals surface area (Å²) in [5.41, 5.74) is 3.28. The second-order valence-electron chi connectivity index (χ2n) is 7.64. The highest BCUT2D eigenvalue weighted by molar-refractivity contribution is 8.13. The van der Waals surface area contributed by atoms with Crippen LogP contribution in [0.1, 0.15) is 31.2 Å². The number of hydrazine groups is 1. The molecule has 35 heavy (non-hydrogen) atoms. The topological polar surface area (TPSA) is 60.9 Å². The quantitative estimate of drug-likeness (QED) is 0.240. The van der Waals surface area contributed by atoms with Gasteiger partial charge in [0.1, 0.15) is 4.88 Å². The maximum Gasteiger partial charge on any atom is 0.345 e. The molecule has 5 nitrogen and oxygen atoms in total. The highest BCUT2D eigenvalue weighted by Crippen LogP contribution is 2.29. The second kappa shape index (κ2) is 12.9. The molecule has 1 N–H and O–H groups in total. The third-order valence-electron chi connectivity index (χ3n) is 5.21. The Hall–Kier alpha value is -1.93. The van der Waals surface area contributed by atoms with Crippen LogP contribution in [0.15, 0.2) is 47.2 Å². The number of benzene rings is 1. The number of carboxylic acid groups (broad SMARTS) is 1. The van der Waals surface area contributed by atoms with Crippen molar-refractivity contribution in [2.45, 2.75) is 12.2 Å². The molecule has 0 spiro atoms. The number of thioether (sulfide) groups is 2. The summed E-state index contributed by atoms with van der Waals surface area (Å²) < 4.78 is 0. The minimum absolute atomic E-state index is 0.0317. The van der Waals surface area contributed by atoms with E-state index in [1.807, 2.05) is 40.7 Å². The molecule has 0 saturated carbocycles. The van der Waals surface area contributed by atoms with Crippen molar-refractivity contribution in [1.29, 1.82) is 0 Å². The molecule has 3 aromatic rings. The Labute approximate surface area is 226 Å². The van der Waals surface area contributed by atoms with Crippen LogP contribution in [0.2, 0.25) is 5.02 Å². The Balaban J connectivity index is 1.27. The summed E-state index contributed by atoms with van der Waals surface area (Å²) >= 11 is 12.2. The van der Waals surface area contributed by atoms with Gasteiger partial charge in [0, 0.05) is 64.7 Å². The molecule has 182 valence electrons. The standard InChI is InChI=1S/C25H23ClN2O3S4/c26-21-15-23(24(29)30)35-22(21)6-8-28-25(31)34-13-10-27(28)9-12-33-17-20-3-1-2-18(14-20)4-5-19-7-11-32-16-19/h1-3,7,11,14-16H,6,8-10,12-13,17H2,(H,29,30). The number of aromatic carboxylic acids is 1. The Morgan fingerprint density at radius 2 is 2.03 bits per heavy atom. The monoisotopic (exact) mass is 562 g/mol. The number of halogens is 1. The van der Waals surface area contributed by atoms with E-state index in [-0.39, 0.29) is 10.1 Å². The van der Waals surface area contributed by atoms with E-state index >= 15 is 0 Å². The Morgan fingerprint density at radius 1 is 1.17 bits per heavy atom. The lowest BCUT2D eigenvalue weighted by Crippen LogP contribution is -2.51. The van der Waals surface area contributed by atoms with E-state index in [4.69, 9.17) is 11.6 Å². The predicted molar refractivity (Wildman–Crippen MR) is 149 cm³/mol. The lowest BCUT2D eigenvalue weighted by atomic mass is 10.1. The zero-order valence-corrected chi connectivity index (χ0v) is 22.8. The molecular weight excluding hydrogens is 540 g/mol. The van der Waals surface area contributed by atoms with Crippen LogP contribution >= 0.6 is 57.8 Å². The fourth-order valence-corrected chi connectivity index (χ4v) is 7.07. The zero-order valence-electron chi connectivity index (χ0n) is 18.7. The highest BCUT2D eigenvalue weighted by atomic mass is 35.5.